The van der Waals surface area contributed by atoms with Crippen LogP contribution in [0.3, 0.4) is 0 Å². The molecular weight excluding hydrogens is 601 g/mol. The van der Waals surface area contributed by atoms with Gasteiger partial charge in [-0.3, -0.25) is 0 Å². The molecule has 0 unspecified atom stereocenters. The van der Waals surface area contributed by atoms with E-state index in [0.717, 1.165) is 53.3 Å². The summed E-state index contributed by atoms with van der Waals surface area (Å²) in [4.78, 5) is 0. The number of benzene rings is 1. The minimum absolute atomic E-state index is 0.766. The number of hydrogen-bond acceptors (Lipinski definition) is 0. The van der Waals surface area contributed by atoms with Crippen LogP contribution in [0, 0.1) is 53.3 Å². The summed E-state index contributed by atoms with van der Waals surface area (Å²) in [5.74, 6) is 8.17. The molecule has 0 aliphatic heterocycles. The molecule has 0 heterocycles. The molecule has 0 radical (unpaired) electrons. The molecule has 0 bridgehead atoms. The Labute approximate surface area is 323 Å². The molecule has 0 aromatic heterocycles. The summed E-state index contributed by atoms with van der Waals surface area (Å²) in [7, 11) is 0. The minimum Gasteiger partial charge on any atom is -0.0654 e. The average Bonchev–Trinajstić information content (AvgIpc) is 3.81. The maximum absolute atomic E-state index is 2.30. The zero-order valence-electron chi connectivity index (χ0n) is 39.2. The summed E-state index contributed by atoms with van der Waals surface area (Å²) in [6, 6.07) is 10.6. The third kappa shape index (κ3) is 76.9. The summed E-state index contributed by atoms with van der Waals surface area (Å²) in [6.07, 6.45) is 20.8. The van der Waals surface area contributed by atoms with Crippen molar-refractivity contribution < 1.29 is 0 Å². The first-order chi connectivity index (χ1) is 23.3. The highest BCUT2D eigenvalue weighted by molar-refractivity contribution is 5.14. The van der Waals surface area contributed by atoms with Crippen LogP contribution in [-0.4, -0.2) is 0 Å². The van der Waals surface area contributed by atoms with Crippen LogP contribution >= 0.6 is 0 Å². The van der Waals surface area contributed by atoms with E-state index in [1.54, 1.807) is 0 Å². The molecule has 0 amide bonds. The third-order valence-corrected chi connectivity index (χ3v) is 8.13. The predicted octanol–water partition coefficient (Wildman–Crippen LogP) is 18.6. The van der Waals surface area contributed by atoms with E-state index in [2.05, 4.69) is 169 Å². The lowest BCUT2D eigenvalue weighted by Gasteiger charge is -2.05. The van der Waals surface area contributed by atoms with Crippen LogP contribution in [0.5, 0.6) is 0 Å². The minimum atomic E-state index is 0.766. The summed E-state index contributed by atoms with van der Waals surface area (Å²) in [6.45, 7) is 45.1. The SMILES string of the molecule is CC(C)CC(C)C.CC(C)CC1CC1.CC(C)Cc1ccccc1.CCC(C)C.CCCC(C)C.CCCCC(C)C.CCCCCC(C)C. The number of unbranched alkanes of at least 4 members (excludes halogenated alkanes) is 3. The molecule has 0 N–H and O–H groups in total. The molecular formula is C50H104. The van der Waals surface area contributed by atoms with Gasteiger partial charge in [0.15, 0.2) is 0 Å². The molecule has 1 aliphatic rings. The molecule has 1 saturated carbocycles. The molecule has 0 heteroatoms. The van der Waals surface area contributed by atoms with E-state index in [9.17, 15) is 0 Å². The lowest BCUT2D eigenvalue weighted by Crippen LogP contribution is -1.93. The molecule has 0 saturated heterocycles. The zero-order chi connectivity index (χ0) is 39.9. The van der Waals surface area contributed by atoms with Gasteiger partial charge < -0.3 is 0 Å². The molecule has 50 heavy (non-hydrogen) atoms. The highest BCUT2D eigenvalue weighted by Gasteiger charge is 2.21. The van der Waals surface area contributed by atoms with E-state index in [4.69, 9.17) is 0 Å². The lowest BCUT2D eigenvalue weighted by atomic mass is 10.0. The van der Waals surface area contributed by atoms with Crippen molar-refractivity contribution in [3.8, 4) is 0 Å². The first-order valence-electron chi connectivity index (χ1n) is 22.3. The second-order valence-electron chi connectivity index (χ2n) is 18.6. The van der Waals surface area contributed by atoms with Gasteiger partial charge in [0, 0.05) is 0 Å². The largest absolute Gasteiger partial charge is 0.0654 e. The van der Waals surface area contributed by atoms with Crippen LogP contribution in [0.15, 0.2) is 30.3 Å². The standard InChI is InChI=1S/C10H14.C8H18.C7H14.2C7H16.C6H14.C5H12/c1-9(2)8-10-6-4-3-5-7-10;1-4-5-6-7-8(2)3;1-6(2)5-7-3-4-7;1-6(2)5-7(3)4;1-4-5-6-7(2)3;1-4-5-6(2)3;1-4-5(2)3/h3-7,9H,8H2,1-2H3;8H,4-7H2,1-3H3;6-7H,3-5H2,1-2H3;6-7H,5H2,1-4H3;7H,4-6H2,1-3H3;6H,4-5H2,1-3H3;5H,4H2,1-3H3. The highest BCUT2D eigenvalue weighted by Crippen LogP contribution is 2.34. The van der Waals surface area contributed by atoms with E-state index in [1.165, 1.54) is 102 Å². The van der Waals surface area contributed by atoms with Crippen molar-refractivity contribution in [3.63, 3.8) is 0 Å². The highest BCUT2D eigenvalue weighted by atomic mass is 14.3. The van der Waals surface area contributed by atoms with Crippen molar-refractivity contribution in [2.45, 2.75) is 235 Å². The Bertz CT molecular complexity index is 655. The van der Waals surface area contributed by atoms with Crippen LogP contribution in [-0.2, 0) is 6.42 Å². The summed E-state index contributed by atoms with van der Waals surface area (Å²) in [5.41, 5.74) is 1.44. The van der Waals surface area contributed by atoms with Gasteiger partial charge in [0.2, 0.25) is 0 Å². The van der Waals surface area contributed by atoms with Crippen LogP contribution in [0.4, 0.5) is 0 Å². The fourth-order valence-corrected chi connectivity index (χ4v) is 5.04. The third-order valence-electron chi connectivity index (χ3n) is 8.13. The number of hydrogen-bond donors (Lipinski definition) is 0. The zero-order valence-corrected chi connectivity index (χ0v) is 39.2. The van der Waals surface area contributed by atoms with Crippen molar-refractivity contribution in [1.29, 1.82) is 0 Å². The Morgan fingerprint density at radius 2 is 0.860 bits per heavy atom. The van der Waals surface area contributed by atoms with E-state index < -0.39 is 0 Å². The van der Waals surface area contributed by atoms with Gasteiger partial charge in [0.1, 0.15) is 0 Å². The number of rotatable bonds is 16. The Balaban J connectivity index is -0.000000159. The first-order valence-corrected chi connectivity index (χ1v) is 22.3. The van der Waals surface area contributed by atoms with Crippen molar-refractivity contribution in [2.24, 2.45) is 53.3 Å². The molecule has 0 spiro atoms. The van der Waals surface area contributed by atoms with Gasteiger partial charge in [-0.1, -0.05) is 246 Å². The Kier molecular flexibility index (Phi) is 51.9. The molecule has 0 atom stereocenters. The normalized spacial score (nSPS) is 11.8. The summed E-state index contributed by atoms with van der Waals surface area (Å²) >= 11 is 0. The van der Waals surface area contributed by atoms with Crippen molar-refractivity contribution in [2.75, 3.05) is 0 Å². The average molecular weight is 705 g/mol. The van der Waals surface area contributed by atoms with Crippen LogP contribution in [0.2, 0.25) is 0 Å². The summed E-state index contributed by atoms with van der Waals surface area (Å²) < 4.78 is 0. The fraction of sp³-hybridized carbons (Fsp3) is 0.880. The quantitative estimate of drug-likeness (QED) is 0.150. The first kappa shape index (κ1) is 58.5. The van der Waals surface area contributed by atoms with Gasteiger partial charge in [-0.15, -0.1) is 0 Å². The van der Waals surface area contributed by atoms with Crippen molar-refractivity contribution >= 4 is 0 Å². The predicted molar refractivity (Wildman–Crippen MR) is 240 cm³/mol. The molecule has 0 nitrogen and oxygen atoms in total. The van der Waals surface area contributed by atoms with E-state index in [0.29, 0.717) is 0 Å². The van der Waals surface area contributed by atoms with E-state index in [-0.39, 0.29) is 0 Å². The molecule has 1 aromatic rings. The van der Waals surface area contributed by atoms with Crippen LogP contribution < -0.4 is 0 Å². The lowest BCUT2D eigenvalue weighted by molar-refractivity contribution is 0.469. The van der Waals surface area contributed by atoms with Gasteiger partial charge in [0.05, 0.1) is 0 Å². The van der Waals surface area contributed by atoms with Crippen LogP contribution in [0.1, 0.15) is 234 Å². The molecule has 1 fully saturated rings. The van der Waals surface area contributed by atoms with Gasteiger partial charge in [-0.05, 0) is 78.1 Å². The van der Waals surface area contributed by atoms with E-state index in [1.807, 2.05) is 0 Å². The second-order valence-corrected chi connectivity index (χ2v) is 18.6. The molecule has 304 valence electrons. The monoisotopic (exact) mass is 705 g/mol. The van der Waals surface area contributed by atoms with Crippen molar-refractivity contribution in [3.05, 3.63) is 35.9 Å². The van der Waals surface area contributed by atoms with Gasteiger partial charge in [0.25, 0.3) is 0 Å². The van der Waals surface area contributed by atoms with Gasteiger partial charge in [-0.2, -0.15) is 0 Å². The topological polar surface area (TPSA) is 0 Å². The smallest absolute Gasteiger partial charge is 0.0256 e. The van der Waals surface area contributed by atoms with Crippen molar-refractivity contribution in [1.82, 2.24) is 0 Å². The maximum atomic E-state index is 2.30. The molecule has 1 aromatic carbocycles. The molecule has 1 aliphatic carbocycles. The molecule has 2 rings (SSSR count). The maximum Gasteiger partial charge on any atom is -0.0256 e. The second kappa shape index (κ2) is 44.4. The van der Waals surface area contributed by atoms with Gasteiger partial charge >= 0.3 is 0 Å². The Morgan fingerprint density at radius 1 is 0.440 bits per heavy atom. The van der Waals surface area contributed by atoms with Crippen LogP contribution in [0.25, 0.3) is 0 Å². The fourth-order valence-electron chi connectivity index (χ4n) is 5.04. The Morgan fingerprint density at radius 3 is 1.06 bits per heavy atom. The van der Waals surface area contributed by atoms with E-state index >= 15 is 0 Å². The summed E-state index contributed by atoms with van der Waals surface area (Å²) in [5, 5.41) is 0. The van der Waals surface area contributed by atoms with Gasteiger partial charge in [-0.25, -0.2) is 0 Å². The Hall–Kier alpha value is -0.780.